The maximum atomic E-state index is 4.83. The van der Waals surface area contributed by atoms with Gasteiger partial charge in [-0.3, -0.25) is 9.39 Å². The fourth-order valence-electron chi connectivity index (χ4n) is 2.25. The summed E-state index contributed by atoms with van der Waals surface area (Å²) in [5, 5.41) is 0. The van der Waals surface area contributed by atoms with Crippen LogP contribution < -0.4 is 4.80 Å². The number of hydrogen-bond donors (Lipinski definition) is 0. The molecule has 1 aliphatic carbocycles. The van der Waals surface area contributed by atoms with E-state index in [1.54, 1.807) is 0 Å². The second kappa shape index (κ2) is 4.37. The molecule has 3 rings (SSSR count). The van der Waals surface area contributed by atoms with Crippen molar-refractivity contribution in [1.82, 2.24) is 8.77 Å². The third-order valence-electron chi connectivity index (χ3n) is 3.13. The van der Waals surface area contributed by atoms with Crippen molar-refractivity contribution in [2.24, 2.45) is 4.99 Å². The molecule has 2 aromatic rings. The Morgan fingerprint density at radius 2 is 2.12 bits per heavy atom. The highest BCUT2D eigenvalue weighted by Crippen LogP contribution is 2.19. The zero-order chi connectivity index (χ0) is 10.8. The van der Waals surface area contributed by atoms with Crippen molar-refractivity contribution in [3.8, 4) is 0 Å². The largest absolute Gasteiger partial charge is 0.276 e. The van der Waals surface area contributed by atoms with Crippen molar-refractivity contribution in [1.29, 1.82) is 0 Å². The van der Waals surface area contributed by atoms with Gasteiger partial charge in [0.1, 0.15) is 0 Å². The van der Waals surface area contributed by atoms with E-state index < -0.39 is 0 Å². The molecule has 4 heteroatoms. The van der Waals surface area contributed by atoms with Crippen LogP contribution in [0.1, 0.15) is 32.1 Å². The van der Waals surface area contributed by atoms with Gasteiger partial charge in [0.2, 0.25) is 4.80 Å². The summed E-state index contributed by atoms with van der Waals surface area (Å²) in [5.74, 6) is 0. The van der Waals surface area contributed by atoms with Crippen molar-refractivity contribution >= 4 is 17.2 Å². The summed E-state index contributed by atoms with van der Waals surface area (Å²) in [7, 11) is 0. The van der Waals surface area contributed by atoms with Crippen LogP contribution >= 0.6 is 11.5 Å². The standard InChI is InChI=1S/C12H15N3S/c1-2-6-10(7-3-1)13-12-15-9-5-4-8-11(15)14-16-12/h4-5,8-10H,1-3,6-7H2/b13-12-. The van der Waals surface area contributed by atoms with Crippen LogP contribution in [0.2, 0.25) is 0 Å². The van der Waals surface area contributed by atoms with Crippen LogP contribution in [0, 0.1) is 0 Å². The summed E-state index contributed by atoms with van der Waals surface area (Å²) < 4.78 is 6.48. The van der Waals surface area contributed by atoms with Crippen LogP contribution in [0.3, 0.4) is 0 Å². The minimum Gasteiger partial charge on any atom is -0.276 e. The molecule has 0 amide bonds. The Balaban J connectivity index is 2.01. The maximum absolute atomic E-state index is 4.83. The number of fused-ring (bicyclic) bond motifs is 1. The average molecular weight is 233 g/mol. The summed E-state index contributed by atoms with van der Waals surface area (Å²) in [5.41, 5.74) is 1.00. The fourth-order valence-corrected chi connectivity index (χ4v) is 3.02. The van der Waals surface area contributed by atoms with E-state index in [-0.39, 0.29) is 0 Å². The Labute approximate surface area is 98.6 Å². The van der Waals surface area contributed by atoms with E-state index in [1.165, 1.54) is 43.6 Å². The van der Waals surface area contributed by atoms with E-state index in [1.807, 2.05) is 24.4 Å². The van der Waals surface area contributed by atoms with Crippen molar-refractivity contribution in [3.05, 3.63) is 29.2 Å². The van der Waals surface area contributed by atoms with Crippen LogP contribution in [0.25, 0.3) is 5.65 Å². The molecule has 2 heterocycles. The second-order valence-corrected chi connectivity index (χ2v) is 5.05. The molecule has 0 unspecified atom stereocenters. The summed E-state index contributed by atoms with van der Waals surface area (Å²) in [4.78, 5) is 5.87. The zero-order valence-corrected chi connectivity index (χ0v) is 9.99. The third kappa shape index (κ3) is 1.89. The van der Waals surface area contributed by atoms with E-state index in [4.69, 9.17) is 4.99 Å². The van der Waals surface area contributed by atoms with Crippen LogP contribution in [0.4, 0.5) is 0 Å². The van der Waals surface area contributed by atoms with Crippen molar-refractivity contribution in [2.45, 2.75) is 38.1 Å². The van der Waals surface area contributed by atoms with Gasteiger partial charge in [0.25, 0.3) is 0 Å². The summed E-state index contributed by atoms with van der Waals surface area (Å²) in [6.45, 7) is 0. The molecular formula is C12H15N3S. The quantitative estimate of drug-likeness (QED) is 0.744. The van der Waals surface area contributed by atoms with Gasteiger partial charge in [0, 0.05) is 17.7 Å². The molecule has 0 aromatic carbocycles. The van der Waals surface area contributed by atoms with Gasteiger partial charge >= 0.3 is 0 Å². The molecule has 0 bridgehead atoms. The summed E-state index contributed by atoms with van der Waals surface area (Å²) in [6, 6.07) is 6.59. The molecule has 0 atom stereocenters. The minimum atomic E-state index is 0.519. The lowest BCUT2D eigenvalue weighted by molar-refractivity contribution is 0.436. The van der Waals surface area contributed by atoms with Crippen LogP contribution in [-0.2, 0) is 0 Å². The average Bonchev–Trinajstić information content (AvgIpc) is 2.74. The molecule has 2 aromatic heterocycles. The zero-order valence-electron chi connectivity index (χ0n) is 9.17. The molecule has 0 saturated heterocycles. The Bertz CT molecular complexity index is 534. The SMILES string of the molecule is c1ccn2/c(=N/C3CCCCC3)snc2c1. The molecule has 1 fully saturated rings. The smallest absolute Gasteiger partial charge is 0.208 e. The number of aromatic nitrogens is 2. The summed E-state index contributed by atoms with van der Waals surface area (Å²) >= 11 is 1.50. The van der Waals surface area contributed by atoms with E-state index in [2.05, 4.69) is 8.77 Å². The van der Waals surface area contributed by atoms with Crippen molar-refractivity contribution in [3.63, 3.8) is 0 Å². The molecule has 3 nitrogen and oxygen atoms in total. The van der Waals surface area contributed by atoms with Gasteiger partial charge in [0.05, 0.1) is 6.04 Å². The fraction of sp³-hybridized carbons (Fsp3) is 0.500. The van der Waals surface area contributed by atoms with E-state index in [0.29, 0.717) is 6.04 Å². The maximum Gasteiger partial charge on any atom is 0.208 e. The van der Waals surface area contributed by atoms with Gasteiger partial charge in [0.15, 0.2) is 5.65 Å². The molecule has 1 aliphatic rings. The lowest BCUT2D eigenvalue weighted by Crippen LogP contribution is -2.16. The number of pyridine rings is 1. The van der Waals surface area contributed by atoms with Gasteiger partial charge < -0.3 is 0 Å². The molecule has 0 spiro atoms. The normalized spacial score (nSPS) is 19.4. The Morgan fingerprint density at radius 3 is 3.00 bits per heavy atom. The molecule has 84 valence electrons. The third-order valence-corrected chi connectivity index (χ3v) is 3.88. The lowest BCUT2D eigenvalue weighted by Gasteiger charge is -2.16. The number of nitrogens with zero attached hydrogens (tertiary/aromatic N) is 3. The highest BCUT2D eigenvalue weighted by atomic mass is 32.1. The van der Waals surface area contributed by atoms with Gasteiger partial charge in [-0.05, 0) is 25.0 Å². The molecular weight excluding hydrogens is 218 g/mol. The molecule has 0 radical (unpaired) electrons. The van der Waals surface area contributed by atoms with Gasteiger partial charge in [-0.1, -0.05) is 25.3 Å². The van der Waals surface area contributed by atoms with E-state index in [9.17, 15) is 0 Å². The molecule has 16 heavy (non-hydrogen) atoms. The van der Waals surface area contributed by atoms with Gasteiger partial charge in [-0.25, -0.2) is 0 Å². The predicted molar refractivity (Wildman–Crippen MR) is 65.5 cm³/mol. The van der Waals surface area contributed by atoms with Crippen molar-refractivity contribution < 1.29 is 0 Å². The Hall–Kier alpha value is -1.16. The van der Waals surface area contributed by atoms with Crippen LogP contribution in [0.15, 0.2) is 29.4 Å². The number of rotatable bonds is 1. The van der Waals surface area contributed by atoms with E-state index in [0.717, 1.165) is 10.4 Å². The first kappa shape index (κ1) is 10.0. The highest BCUT2D eigenvalue weighted by molar-refractivity contribution is 7.03. The monoisotopic (exact) mass is 233 g/mol. The summed E-state index contributed by atoms with van der Waals surface area (Å²) in [6.07, 6.45) is 8.56. The molecule has 0 aliphatic heterocycles. The Kier molecular flexibility index (Phi) is 2.74. The van der Waals surface area contributed by atoms with Crippen LogP contribution in [0.5, 0.6) is 0 Å². The van der Waals surface area contributed by atoms with E-state index >= 15 is 0 Å². The first-order valence-corrected chi connectivity index (χ1v) is 6.68. The lowest BCUT2D eigenvalue weighted by atomic mass is 9.96. The van der Waals surface area contributed by atoms with Crippen LogP contribution in [-0.4, -0.2) is 14.8 Å². The molecule has 0 N–H and O–H groups in total. The van der Waals surface area contributed by atoms with Gasteiger partial charge in [-0.15, -0.1) is 0 Å². The first-order valence-electron chi connectivity index (χ1n) is 5.90. The number of hydrogen-bond acceptors (Lipinski definition) is 3. The first-order chi connectivity index (χ1) is 7.93. The van der Waals surface area contributed by atoms with Crippen molar-refractivity contribution in [2.75, 3.05) is 0 Å². The second-order valence-electron chi connectivity index (χ2n) is 4.31. The van der Waals surface area contributed by atoms with Gasteiger partial charge in [-0.2, -0.15) is 4.37 Å². The highest BCUT2D eigenvalue weighted by Gasteiger charge is 2.12. The minimum absolute atomic E-state index is 0.519. The predicted octanol–water partition coefficient (Wildman–Crippen LogP) is 2.63. The topological polar surface area (TPSA) is 29.7 Å². The molecule has 1 saturated carbocycles. The Morgan fingerprint density at radius 1 is 1.25 bits per heavy atom.